The maximum absolute atomic E-state index is 4.99. The van der Waals surface area contributed by atoms with Crippen molar-refractivity contribution in [2.45, 2.75) is 0 Å². The van der Waals surface area contributed by atoms with Crippen LogP contribution < -0.4 is 0 Å². The van der Waals surface area contributed by atoms with E-state index < -0.39 is 0 Å². The van der Waals surface area contributed by atoms with E-state index in [9.17, 15) is 0 Å². The number of benzene rings is 8. The molecule has 2 aromatic heterocycles. The molecule has 0 amide bonds. The monoisotopic (exact) mass is 667 g/mol. The van der Waals surface area contributed by atoms with E-state index in [0.717, 1.165) is 22.3 Å². The van der Waals surface area contributed by atoms with Crippen LogP contribution in [-0.4, -0.2) is 15.0 Å². The van der Waals surface area contributed by atoms with E-state index in [1.165, 1.54) is 58.4 Å². The molecule has 0 N–H and O–H groups in total. The summed E-state index contributed by atoms with van der Waals surface area (Å²) in [5.41, 5.74) is 7.67. The minimum atomic E-state index is 0.646. The fourth-order valence-electron chi connectivity index (χ4n) is 7.35. The van der Waals surface area contributed by atoms with Crippen LogP contribution in [0.1, 0.15) is 0 Å². The number of aromatic nitrogens is 3. The Hall–Kier alpha value is -6.49. The van der Waals surface area contributed by atoms with Gasteiger partial charge in [0.2, 0.25) is 0 Å². The normalized spacial score (nSPS) is 11.5. The first-order valence-corrected chi connectivity index (χ1v) is 17.9. The van der Waals surface area contributed by atoms with Crippen LogP contribution in [0.15, 0.2) is 176 Å². The SMILES string of the molecule is c1ccc(-c2nc(-c3ccccc3)nc(-c3ccc(-c4c(-c5ccc6sc7ccccc7c6c5)c5ccccc5c5ccccc45)cc3)n2)cc1. The van der Waals surface area contributed by atoms with Crippen LogP contribution in [0.3, 0.4) is 0 Å². The third kappa shape index (κ3) is 5.08. The van der Waals surface area contributed by atoms with E-state index in [1.807, 2.05) is 72.0 Å². The van der Waals surface area contributed by atoms with E-state index >= 15 is 0 Å². The Balaban J connectivity index is 1.18. The fourth-order valence-corrected chi connectivity index (χ4v) is 8.43. The molecule has 4 heteroatoms. The van der Waals surface area contributed by atoms with Gasteiger partial charge in [0.05, 0.1) is 0 Å². The first-order chi connectivity index (χ1) is 25.3. The van der Waals surface area contributed by atoms with E-state index in [2.05, 4.69) is 115 Å². The van der Waals surface area contributed by atoms with Crippen molar-refractivity contribution in [1.82, 2.24) is 15.0 Å². The largest absolute Gasteiger partial charge is 0.208 e. The van der Waals surface area contributed by atoms with Crippen LogP contribution in [0.5, 0.6) is 0 Å². The summed E-state index contributed by atoms with van der Waals surface area (Å²) in [5.74, 6) is 1.96. The van der Waals surface area contributed by atoms with Crippen molar-refractivity contribution >= 4 is 53.1 Å². The summed E-state index contributed by atoms with van der Waals surface area (Å²) in [6.45, 7) is 0. The number of thiophene rings is 1. The predicted molar refractivity (Wildman–Crippen MR) is 215 cm³/mol. The molecule has 2 heterocycles. The second kappa shape index (κ2) is 12.1. The topological polar surface area (TPSA) is 38.7 Å². The van der Waals surface area contributed by atoms with Crippen LogP contribution in [0.2, 0.25) is 0 Å². The number of hydrogen-bond donors (Lipinski definition) is 0. The molecule has 3 nitrogen and oxygen atoms in total. The summed E-state index contributed by atoms with van der Waals surface area (Å²) in [6.07, 6.45) is 0. The zero-order chi connectivity index (χ0) is 33.7. The Morgan fingerprint density at radius 2 is 0.667 bits per heavy atom. The van der Waals surface area contributed by atoms with E-state index in [4.69, 9.17) is 15.0 Å². The van der Waals surface area contributed by atoms with Crippen LogP contribution >= 0.6 is 11.3 Å². The van der Waals surface area contributed by atoms with Crippen molar-refractivity contribution in [1.29, 1.82) is 0 Å². The second-order valence-corrected chi connectivity index (χ2v) is 13.8. The molecule has 0 atom stereocenters. The molecule has 0 bridgehead atoms. The summed E-state index contributed by atoms with van der Waals surface area (Å²) >= 11 is 1.85. The van der Waals surface area contributed by atoms with Crippen molar-refractivity contribution in [3.05, 3.63) is 176 Å². The molecule has 0 unspecified atom stereocenters. The first kappa shape index (κ1) is 29.4. The molecule has 10 aromatic rings. The van der Waals surface area contributed by atoms with Crippen molar-refractivity contribution < 1.29 is 0 Å². The molecule has 8 aromatic carbocycles. The lowest BCUT2D eigenvalue weighted by molar-refractivity contribution is 1.07. The van der Waals surface area contributed by atoms with Crippen molar-refractivity contribution in [2.75, 3.05) is 0 Å². The lowest BCUT2D eigenvalue weighted by Gasteiger charge is -2.19. The molecule has 0 fully saturated rings. The van der Waals surface area contributed by atoms with Gasteiger partial charge in [-0.3, -0.25) is 0 Å². The van der Waals surface area contributed by atoms with Gasteiger partial charge in [0.25, 0.3) is 0 Å². The average molecular weight is 668 g/mol. The summed E-state index contributed by atoms with van der Waals surface area (Å²) in [5, 5.41) is 7.57. The quantitative estimate of drug-likeness (QED) is 0.171. The third-order valence-corrected chi connectivity index (χ3v) is 10.9. The third-order valence-electron chi connectivity index (χ3n) is 9.73. The maximum Gasteiger partial charge on any atom is 0.164 e. The van der Waals surface area contributed by atoms with Gasteiger partial charge in [-0.2, -0.15) is 0 Å². The minimum absolute atomic E-state index is 0.646. The molecule has 0 radical (unpaired) electrons. The molecule has 0 aliphatic carbocycles. The van der Waals surface area contributed by atoms with Crippen LogP contribution in [0.4, 0.5) is 0 Å². The van der Waals surface area contributed by atoms with E-state index in [1.54, 1.807) is 0 Å². The smallest absolute Gasteiger partial charge is 0.164 e. The number of fused-ring (bicyclic) bond motifs is 6. The number of rotatable bonds is 5. The standard InChI is InChI=1S/C47H29N3S/c1-3-13-31(14-4-1)45-48-46(32-15-5-2-6-16-32)50-47(49-45)33-25-23-30(24-26-33)43-38-20-9-7-17-35(38)36-18-8-10-21-39(36)44(43)34-27-28-42-40(29-34)37-19-11-12-22-41(37)51-42/h1-29H. The van der Waals surface area contributed by atoms with Crippen LogP contribution in [0.25, 0.3) is 98.1 Å². The van der Waals surface area contributed by atoms with Gasteiger partial charge in [-0.25, -0.2) is 15.0 Å². The summed E-state index contributed by atoms with van der Waals surface area (Å²) in [6, 6.07) is 62.3. The molecule has 10 rings (SSSR count). The van der Waals surface area contributed by atoms with Gasteiger partial charge in [-0.15, -0.1) is 11.3 Å². The van der Waals surface area contributed by atoms with Crippen molar-refractivity contribution in [3.8, 4) is 56.4 Å². The van der Waals surface area contributed by atoms with Crippen molar-refractivity contribution in [2.24, 2.45) is 0 Å². The zero-order valence-corrected chi connectivity index (χ0v) is 28.3. The highest BCUT2D eigenvalue weighted by Gasteiger charge is 2.19. The van der Waals surface area contributed by atoms with Gasteiger partial charge in [0, 0.05) is 36.9 Å². The summed E-state index contributed by atoms with van der Waals surface area (Å²) < 4.78 is 2.62. The molecule has 0 spiro atoms. The number of hydrogen-bond acceptors (Lipinski definition) is 4. The fraction of sp³-hybridized carbons (Fsp3) is 0. The van der Waals surface area contributed by atoms with Gasteiger partial charge in [0.1, 0.15) is 0 Å². The number of nitrogens with zero attached hydrogens (tertiary/aromatic N) is 3. The highest BCUT2D eigenvalue weighted by atomic mass is 32.1. The molecule has 0 saturated carbocycles. The highest BCUT2D eigenvalue weighted by molar-refractivity contribution is 7.25. The van der Waals surface area contributed by atoms with Gasteiger partial charge in [-0.1, -0.05) is 158 Å². The molecular formula is C47H29N3S. The molecule has 51 heavy (non-hydrogen) atoms. The average Bonchev–Trinajstić information content (AvgIpc) is 3.59. The zero-order valence-electron chi connectivity index (χ0n) is 27.5. The Kier molecular flexibility index (Phi) is 7.00. The predicted octanol–water partition coefficient (Wildman–Crippen LogP) is 12.9. The molecule has 0 saturated heterocycles. The van der Waals surface area contributed by atoms with Gasteiger partial charge in [-0.05, 0) is 62.0 Å². The molecular weight excluding hydrogens is 639 g/mol. The molecule has 238 valence electrons. The Labute approximate surface area is 299 Å². The minimum Gasteiger partial charge on any atom is -0.208 e. The molecule has 0 aliphatic rings. The summed E-state index contributed by atoms with van der Waals surface area (Å²) in [4.78, 5) is 14.9. The van der Waals surface area contributed by atoms with Gasteiger partial charge >= 0.3 is 0 Å². The van der Waals surface area contributed by atoms with Crippen molar-refractivity contribution in [3.63, 3.8) is 0 Å². The van der Waals surface area contributed by atoms with E-state index in [-0.39, 0.29) is 0 Å². The van der Waals surface area contributed by atoms with Crippen LogP contribution in [0, 0.1) is 0 Å². The first-order valence-electron chi connectivity index (χ1n) is 17.1. The molecule has 0 aliphatic heterocycles. The van der Waals surface area contributed by atoms with Gasteiger partial charge in [0.15, 0.2) is 17.5 Å². The van der Waals surface area contributed by atoms with Gasteiger partial charge < -0.3 is 0 Å². The summed E-state index contributed by atoms with van der Waals surface area (Å²) in [7, 11) is 0. The Morgan fingerprint density at radius 1 is 0.275 bits per heavy atom. The second-order valence-electron chi connectivity index (χ2n) is 12.8. The highest BCUT2D eigenvalue weighted by Crippen LogP contribution is 2.46. The lowest BCUT2D eigenvalue weighted by atomic mass is 9.84. The maximum atomic E-state index is 4.99. The van der Waals surface area contributed by atoms with E-state index in [0.29, 0.717) is 17.5 Å². The Morgan fingerprint density at radius 3 is 1.24 bits per heavy atom. The Bertz CT molecular complexity index is 2840. The lowest BCUT2D eigenvalue weighted by Crippen LogP contribution is -2.00. The van der Waals surface area contributed by atoms with Crippen LogP contribution in [-0.2, 0) is 0 Å².